The van der Waals surface area contributed by atoms with Crippen molar-refractivity contribution >= 4 is 31.7 Å². The maximum absolute atomic E-state index is 13.1. The molecular formula is C20H30N5O6P. The normalized spacial score (nSPS) is 26.9. The Labute approximate surface area is 187 Å². The molecule has 1 saturated heterocycles. The number of carbonyl (C=O) groups is 2. The molecule has 0 saturated carbocycles. The van der Waals surface area contributed by atoms with Crippen LogP contribution >= 0.6 is 8.53 Å². The summed E-state index contributed by atoms with van der Waals surface area (Å²) in [6, 6.07) is 0. The van der Waals surface area contributed by atoms with Gasteiger partial charge in [0.15, 0.2) is 0 Å². The zero-order chi connectivity index (χ0) is 23.9. The predicted octanol–water partition coefficient (Wildman–Crippen LogP) is 1.53. The molecule has 12 heteroatoms. The minimum Gasteiger partial charge on any atom is -0.372 e. The number of nitrogens with one attached hydrogen (secondary N) is 1. The molecule has 5 atom stereocenters. The quantitative estimate of drug-likeness (QED) is 0.451. The maximum atomic E-state index is 13.1. The van der Waals surface area contributed by atoms with Crippen LogP contribution in [0.5, 0.6) is 0 Å². The molecule has 0 radical (unpaired) electrons. The Balaban J connectivity index is 2.15. The predicted molar refractivity (Wildman–Crippen MR) is 120 cm³/mol. The van der Waals surface area contributed by atoms with Gasteiger partial charge in [0.05, 0.1) is 17.8 Å². The van der Waals surface area contributed by atoms with Crippen LogP contribution in [0.1, 0.15) is 44.7 Å². The Bertz CT molecular complexity index is 1020. The van der Waals surface area contributed by atoms with Gasteiger partial charge in [-0.05, 0) is 20.3 Å². The van der Waals surface area contributed by atoms with Gasteiger partial charge in [-0.25, -0.2) is 4.79 Å². The van der Waals surface area contributed by atoms with Crippen molar-refractivity contribution < 1.29 is 23.4 Å². The summed E-state index contributed by atoms with van der Waals surface area (Å²) in [4.78, 5) is 43.5. The van der Waals surface area contributed by atoms with Crippen molar-refractivity contribution in [3.63, 3.8) is 0 Å². The number of anilines is 1. The number of hydrogen-bond donors (Lipinski definition) is 2. The fourth-order valence-electron chi connectivity index (χ4n) is 4.33. The van der Waals surface area contributed by atoms with Gasteiger partial charge in [-0.1, -0.05) is 13.8 Å². The lowest BCUT2D eigenvalue weighted by Gasteiger charge is -2.25. The molecule has 11 nitrogen and oxygen atoms in total. The molecule has 0 aliphatic carbocycles. The van der Waals surface area contributed by atoms with Crippen molar-refractivity contribution in [1.82, 2.24) is 14.5 Å². The van der Waals surface area contributed by atoms with E-state index in [2.05, 4.69) is 10.3 Å². The van der Waals surface area contributed by atoms with E-state index in [0.29, 0.717) is 23.3 Å². The van der Waals surface area contributed by atoms with Crippen LogP contribution in [0.2, 0.25) is 0 Å². The topological polar surface area (TPSA) is 138 Å². The van der Waals surface area contributed by atoms with Gasteiger partial charge in [-0.15, -0.1) is 0 Å². The molecule has 176 valence electrons. The van der Waals surface area contributed by atoms with Crippen molar-refractivity contribution in [2.75, 3.05) is 26.5 Å². The average Bonchev–Trinajstić information content (AvgIpc) is 3.17. The van der Waals surface area contributed by atoms with E-state index in [1.807, 2.05) is 13.8 Å². The molecule has 3 heterocycles. The van der Waals surface area contributed by atoms with Crippen LogP contribution in [-0.2, 0) is 23.4 Å². The van der Waals surface area contributed by atoms with Gasteiger partial charge in [0.1, 0.15) is 12.0 Å². The molecule has 1 aromatic heterocycles. The monoisotopic (exact) mass is 467 g/mol. The van der Waals surface area contributed by atoms with E-state index >= 15 is 0 Å². The van der Waals surface area contributed by atoms with Gasteiger partial charge < -0.3 is 19.1 Å². The van der Waals surface area contributed by atoms with Crippen molar-refractivity contribution in [3.05, 3.63) is 27.3 Å². The third-order valence-corrected chi connectivity index (χ3v) is 6.90. The number of ether oxygens (including phenoxy) is 1. The third kappa shape index (κ3) is 3.88. The van der Waals surface area contributed by atoms with Crippen LogP contribution < -0.4 is 16.5 Å². The first-order valence-electron chi connectivity index (χ1n) is 10.3. The summed E-state index contributed by atoms with van der Waals surface area (Å²) < 4.78 is 18.6. The minimum absolute atomic E-state index is 0.218. The Morgan fingerprint density at radius 2 is 1.91 bits per heavy atom. The van der Waals surface area contributed by atoms with Crippen LogP contribution in [0, 0.1) is 12.8 Å². The lowest BCUT2D eigenvalue weighted by Crippen LogP contribution is -2.35. The van der Waals surface area contributed by atoms with Crippen LogP contribution in [0.4, 0.5) is 5.82 Å². The smallest absolute Gasteiger partial charge is 0.351 e. The van der Waals surface area contributed by atoms with Gasteiger partial charge in [-0.3, -0.25) is 24.6 Å². The van der Waals surface area contributed by atoms with E-state index in [0.717, 1.165) is 4.90 Å². The summed E-state index contributed by atoms with van der Waals surface area (Å²) in [6.07, 6.45) is -0.746. The first-order valence-corrected chi connectivity index (χ1v) is 11.6. The number of amides is 2. The van der Waals surface area contributed by atoms with Crippen molar-refractivity contribution in [1.29, 1.82) is 0 Å². The number of carbonyl (C=O) groups excluding carboxylic acids is 2. The molecule has 0 bridgehead atoms. The van der Waals surface area contributed by atoms with Crippen molar-refractivity contribution in [2.24, 2.45) is 11.4 Å². The Hall–Kier alpha value is -2.17. The van der Waals surface area contributed by atoms with Gasteiger partial charge in [0, 0.05) is 44.0 Å². The van der Waals surface area contributed by atoms with Crippen LogP contribution in [-0.4, -0.2) is 59.7 Å². The van der Waals surface area contributed by atoms with E-state index in [1.54, 1.807) is 20.9 Å². The maximum Gasteiger partial charge on any atom is 0.351 e. The first-order chi connectivity index (χ1) is 15.1. The van der Waals surface area contributed by atoms with E-state index in [9.17, 15) is 14.4 Å². The largest absolute Gasteiger partial charge is 0.372 e. The van der Waals surface area contributed by atoms with Gasteiger partial charge in [0.2, 0.25) is 0 Å². The van der Waals surface area contributed by atoms with E-state index in [-0.39, 0.29) is 35.4 Å². The molecule has 1 fully saturated rings. The number of nitrogens with two attached hydrogens (primary N) is 1. The molecule has 1 aromatic rings. The van der Waals surface area contributed by atoms with E-state index in [1.165, 1.54) is 18.7 Å². The number of aromatic nitrogens is 2. The van der Waals surface area contributed by atoms with Crippen LogP contribution in [0.25, 0.3) is 5.57 Å². The summed E-state index contributed by atoms with van der Waals surface area (Å²) in [5, 5.41) is 2.88. The summed E-state index contributed by atoms with van der Waals surface area (Å²) >= 11 is 0. The second kappa shape index (κ2) is 9.36. The fourth-order valence-corrected chi connectivity index (χ4v) is 4.98. The molecule has 3 rings (SSSR count). The molecule has 5 unspecified atom stereocenters. The SMILES string of the molecule is CCC1OC(n2c(C)c(C3=C(C)C(=O)N(C)C3=O)c(NC)nc2=O)C(C)C1OP(N)OC. The minimum atomic E-state index is -1.58. The van der Waals surface area contributed by atoms with Crippen molar-refractivity contribution in [2.45, 2.75) is 52.6 Å². The highest BCUT2D eigenvalue weighted by molar-refractivity contribution is 7.44. The van der Waals surface area contributed by atoms with Gasteiger partial charge >= 0.3 is 5.69 Å². The number of likely N-dealkylation sites (N-methyl/N-ethyl adjacent to an activating group) is 1. The number of hydrogen-bond acceptors (Lipinski definition) is 9. The second-order valence-corrected chi connectivity index (χ2v) is 9.01. The highest BCUT2D eigenvalue weighted by Crippen LogP contribution is 2.44. The van der Waals surface area contributed by atoms with E-state index < -0.39 is 26.4 Å². The lowest BCUT2D eigenvalue weighted by molar-refractivity contribution is -0.135. The van der Waals surface area contributed by atoms with Crippen molar-refractivity contribution in [3.8, 4) is 0 Å². The number of imide groups is 1. The fraction of sp³-hybridized carbons (Fsp3) is 0.600. The molecule has 2 aliphatic heterocycles. The molecule has 2 amide bonds. The van der Waals surface area contributed by atoms with Crippen LogP contribution in [0.3, 0.4) is 0 Å². The van der Waals surface area contributed by atoms with Gasteiger partial charge in [0.25, 0.3) is 20.3 Å². The second-order valence-electron chi connectivity index (χ2n) is 7.86. The molecule has 32 heavy (non-hydrogen) atoms. The third-order valence-electron chi connectivity index (χ3n) is 6.09. The molecule has 0 spiro atoms. The number of nitrogens with zero attached hydrogens (tertiary/aromatic N) is 3. The Morgan fingerprint density at radius 3 is 2.41 bits per heavy atom. The number of rotatable bonds is 7. The zero-order valence-corrected chi connectivity index (χ0v) is 20.2. The molecule has 2 aliphatic rings. The van der Waals surface area contributed by atoms with Gasteiger partial charge in [-0.2, -0.15) is 4.98 Å². The molecule has 3 N–H and O–H groups in total. The zero-order valence-electron chi connectivity index (χ0n) is 19.3. The highest BCUT2D eigenvalue weighted by Gasteiger charge is 2.46. The highest BCUT2D eigenvalue weighted by atomic mass is 31.2. The molecule has 0 aromatic carbocycles. The summed E-state index contributed by atoms with van der Waals surface area (Å²) in [7, 11) is 2.92. The Morgan fingerprint density at radius 1 is 1.25 bits per heavy atom. The first kappa shape index (κ1) is 24.5. The summed E-state index contributed by atoms with van der Waals surface area (Å²) in [6.45, 7) is 7.17. The van der Waals surface area contributed by atoms with Crippen LogP contribution in [0.15, 0.2) is 10.4 Å². The Kier molecular flexibility index (Phi) is 7.16. The standard InChI is InChI=1S/C20H30N5O6P/c1-8-12-15(31-32(21)29-7)10(3)19(30-12)25-11(4)14(16(22-5)23-20(25)28)13-9(2)17(26)24(6)18(13)27/h10,12,15,19H,8,21H2,1-7H3,(H,22,23,28). The summed E-state index contributed by atoms with van der Waals surface area (Å²) in [5.74, 6) is -0.857. The van der Waals surface area contributed by atoms with E-state index in [4.69, 9.17) is 19.3 Å². The summed E-state index contributed by atoms with van der Waals surface area (Å²) in [5.41, 5.74) is 6.72. The lowest BCUT2D eigenvalue weighted by atomic mass is 9.98. The molecular weight excluding hydrogens is 437 g/mol. The average molecular weight is 467 g/mol.